The first kappa shape index (κ1) is 23.0. The van der Waals surface area contributed by atoms with Crippen LogP contribution in [0.2, 0.25) is 0 Å². The number of amides is 2. The van der Waals surface area contributed by atoms with E-state index in [1.54, 1.807) is 48.5 Å². The van der Waals surface area contributed by atoms with Crippen molar-refractivity contribution in [2.45, 2.75) is 25.9 Å². The normalized spacial score (nSPS) is 15.2. The SMILES string of the molecule is Cc1cccc(C(=O)Nc2ccc(NC(=O)c3ccc(OCC4CCCO4)c(Br)c3)cc2)c1. The largest absolute Gasteiger partial charge is 0.490 e. The van der Waals surface area contributed by atoms with Crippen molar-refractivity contribution in [1.29, 1.82) is 0 Å². The second-order valence-corrected chi connectivity index (χ2v) is 8.80. The van der Waals surface area contributed by atoms with E-state index in [0.717, 1.165) is 25.0 Å². The van der Waals surface area contributed by atoms with Crippen LogP contribution in [0.4, 0.5) is 11.4 Å². The van der Waals surface area contributed by atoms with Crippen molar-refractivity contribution in [3.8, 4) is 5.75 Å². The second kappa shape index (κ2) is 10.6. The number of carbonyl (C=O) groups excluding carboxylic acids is 2. The Morgan fingerprint density at radius 2 is 1.64 bits per heavy atom. The third-order valence-corrected chi connectivity index (χ3v) is 5.94. The lowest BCUT2D eigenvalue weighted by molar-refractivity contribution is 0.0677. The van der Waals surface area contributed by atoms with Gasteiger partial charge in [0, 0.05) is 29.1 Å². The number of ether oxygens (including phenoxy) is 2. The highest BCUT2D eigenvalue weighted by Crippen LogP contribution is 2.27. The van der Waals surface area contributed by atoms with Crippen LogP contribution >= 0.6 is 15.9 Å². The summed E-state index contributed by atoms with van der Waals surface area (Å²) in [5, 5.41) is 5.73. The number of aryl methyl sites for hydroxylation is 1. The van der Waals surface area contributed by atoms with Crippen LogP contribution in [0.5, 0.6) is 5.75 Å². The molecule has 2 amide bonds. The van der Waals surface area contributed by atoms with E-state index in [4.69, 9.17) is 9.47 Å². The van der Waals surface area contributed by atoms with Crippen molar-refractivity contribution in [3.63, 3.8) is 0 Å². The van der Waals surface area contributed by atoms with Gasteiger partial charge in [-0.2, -0.15) is 0 Å². The topological polar surface area (TPSA) is 76.7 Å². The van der Waals surface area contributed by atoms with Crippen LogP contribution in [-0.2, 0) is 4.74 Å². The van der Waals surface area contributed by atoms with E-state index >= 15 is 0 Å². The number of nitrogens with one attached hydrogen (secondary N) is 2. The molecular formula is C26H25BrN2O4. The molecule has 0 aliphatic carbocycles. The number of halogens is 1. The molecule has 1 unspecified atom stereocenters. The van der Waals surface area contributed by atoms with E-state index in [-0.39, 0.29) is 17.9 Å². The van der Waals surface area contributed by atoms with Crippen LogP contribution in [0, 0.1) is 6.92 Å². The number of carbonyl (C=O) groups is 2. The van der Waals surface area contributed by atoms with Gasteiger partial charge in [0.15, 0.2) is 0 Å². The fourth-order valence-corrected chi connectivity index (χ4v) is 4.04. The zero-order chi connectivity index (χ0) is 23.2. The summed E-state index contributed by atoms with van der Waals surface area (Å²) in [5.41, 5.74) is 3.40. The molecule has 0 bridgehead atoms. The molecule has 1 aliphatic rings. The molecule has 1 atom stereocenters. The van der Waals surface area contributed by atoms with Gasteiger partial charge in [-0.3, -0.25) is 9.59 Å². The number of rotatable bonds is 7. The Bertz CT molecular complexity index is 1140. The van der Waals surface area contributed by atoms with Gasteiger partial charge in [-0.1, -0.05) is 17.7 Å². The Hall–Kier alpha value is -3.16. The highest BCUT2D eigenvalue weighted by Gasteiger charge is 2.17. The lowest BCUT2D eigenvalue weighted by Crippen LogP contribution is -2.16. The average molecular weight is 509 g/mol. The molecule has 6 nitrogen and oxygen atoms in total. The Morgan fingerprint density at radius 3 is 2.21 bits per heavy atom. The molecule has 3 aromatic rings. The highest BCUT2D eigenvalue weighted by atomic mass is 79.9. The second-order valence-electron chi connectivity index (χ2n) is 7.95. The summed E-state index contributed by atoms with van der Waals surface area (Å²) < 4.78 is 12.1. The van der Waals surface area contributed by atoms with Gasteiger partial charge in [-0.05, 0) is 90.3 Å². The molecule has 1 fully saturated rings. The molecule has 0 radical (unpaired) electrons. The number of benzene rings is 3. The minimum atomic E-state index is -0.238. The fraction of sp³-hybridized carbons (Fsp3) is 0.231. The smallest absolute Gasteiger partial charge is 0.255 e. The maximum absolute atomic E-state index is 12.7. The quantitative estimate of drug-likeness (QED) is 0.421. The van der Waals surface area contributed by atoms with Gasteiger partial charge >= 0.3 is 0 Å². The maximum atomic E-state index is 12.7. The third-order valence-electron chi connectivity index (χ3n) is 5.32. The number of hydrogen-bond acceptors (Lipinski definition) is 4. The van der Waals surface area contributed by atoms with E-state index in [0.29, 0.717) is 39.3 Å². The summed E-state index contributed by atoms with van der Waals surface area (Å²) in [4.78, 5) is 25.1. The molecule has 7 heteroatoms. The summed E-state index contributed by atoms with van der Waals surface area (Å²) in [6, 6.07) is 19.6. The predicted molar refractivity (Wildman–Crippen MR) is 132 cm³/mol. The summed E-state index contributed by atoms with van der Waals surface area (Å²) >= 11 is 3.48. The lowest BCUT2D eigenvalue weighted by atomic mass is 10.1. The first-order valence-electron chi connectivity index (χ1n) is 10.8. The molecule has 4 rings (SSSR count). The molecule has 1 heterocycles. The zero-order valence-corrected chi connectivity index (χ0v) is 19.9. The van der Waals surface area contributed by atoms with Crippen molar-refractivity contribution in [1.82, 2.24) is 0 Å². The molecular weight excluding hydrogens is 484 g/mol. The van der Waals surface area contributed by atoms with Crippen LogP contribution < -0.4 is 15.4 Å². The molecule has 0 aromatic heterocycles. The van der Waals surface area contributed by atoms with Crippen molar-refractivity contribution in [2.24, 2.45) is 0 Å². The fourth-order valence-electron chi connectivity index (χ4n) is 3.55. The van der Waals surface area contributed by atoms with Crippen molar-refractivity contribution in [3.05, 3.63) is 87.9 Å². The van der Waals surface area contributed by atoms with E-state index < -0.39 is 0 Å². The van der Waals surface area contributed by atoms with Gasteiger partial charge in [0.1, 0.15) is 12.4 Å². The van der Waals surface area contributed by atoms with E-state index in [1.807, 2.05) is 25.1 Å². The molecule has 1 saturated heterocycles. The van der Waals surface area contributed by atoms with Crippen LogP contribution in [0.3, 0.4) is 0 Å². The maximum Gasteiger partial charge on any atom is 0.255 e. The van der Waals surface area contributed by atoms with Gasteiger partial charge in [0.25, 0.3) is 11.8 Å². The minimum absolute atomic E-state index is 0.129. The summed E-state index contributed by atoms with van der Waals surface area (Å²) in [7, 11) is 0. The Labute approximate surface area is 201 Å². The van der Waals surface area contributed by atoms with E-state index in [9.17, 15) is 9.59 Å². The zero-order valence-electron chi connectivity index (χ0n) is 18.3. The van der Waals surface area contributed by atoms with Crippen LogP contribution in [0.15, 0.2) is 71.2 Å². The first-order chi connectivity index (χ1) is 16.0. The van der Waals surface area contributed by atoms with Crippen molar-refractivity contribution in [2.75, 3.05) is 23.8 Å². The van der Waals surface area contributed by atoms with Gasteiger partial charge in [0.2, 0.25) is 0 Å². The Balaban J connectivity index is 1.33. The standard InChI is InChI=1S/C26H25BrN2O4/c1-17-4-2-5-18(14-17)25(30)28-20-8-10-21(11-9-20)29-26(31)19-7-12-24(23(27)15-19)33-16-22-6-3-13-32-22/h2,4-5,7-12,14-15,22H,3,6,13,16H2,1H3,(H,28,30)(H,29,31). The summed E-state index contributed by atoms with van der Waals surface area (Å²) in [6.07, 6.45) is 2.20. The molecule has 1 aliphatic heterocycles. The van der Waals surface area contributed by atoms with Gasteiger partial charge in [0.05, 0.1) is 10.6 Å². The van der Waals surface area contributed by atoms with Gasteiger partial charge < -0.3 is 20.1 Å². The predicted octanol–water partition coefficient (Wildman–Crippen LogP) is 5.82. The van der Waals surface area contributed by atoms with Crippen LogP contribution in [-0.4, -0.2) is 31.1 Å². The Morgan fingerprint density at radius 1 is 0.970 bits per heavy atom. The van der Waals surface area contributed by atoms with Crippen LogP contribution in [0.25, 0.3) is 0 Å². The molecule has 3 aromatic carbocycles. The van der Waals surface area contributed by atoms with Crippen molar-refractivity contribution >= 4 is 39.1 Å². The molecule has 33 heavy (non-hydrogen) atoms. The summed E-state index contributed by atoms with van der Waals surface area (Å²) in [6.45, 7) is 3.23. The van der Waals surface area contributed by atoms with Crippen molar-refractivity contribution < 1.29 is 19.1 Å². The monoisotopic (exact) mass is 508 g/mol. The molecule has 0 spiro atoms. The van der Waals surface area contributed by atoms with E-state index in [2.05, 4.69) is 26.6 Å². The number of hydrogen-bond donors (Lipinski definition) is 2. The van der Waals surface area contributed by atoms with E-state index in [1.165, 1.54) is 0 Å². The molecule has 2 N–H and O–H groups in total. The third kappa shape index (κ3) is 6.21. The van der Waals surface area contributed by atoms with Gasteiger partial charge in [-0.25, -0.2) is 0 Å². The molecule has 170 valence electrons. The number of anilines is 2. The Kier molecular flexibility index (Phi) is 7.42. The highest BCUT2D eigenvalue weighted by molar-refractivity contribution is 9.10. The lowest BCUT2D eigenvalue weighted by Gasteiger charge is -2.13. The first-order valence-corrected chi connectivity index (χ1v) is 11.6. The minimum Gasteiger partial charge on any atom is -0.490 e. The van der Waals surface area contributed by atoms with Crippen LogP contribution in [0.1, 0.15) is 39.1 Å². The van der Waals surface area contributed by atoms with Gasteiger partial charge in [-0.15, -0.1) is 0 Å². The average Bonchev–Trinajstić information content (AvgIpc) is 3.33. The molecule has 0 saturated carbocycles. The summed E-state index contributed by atoms with van der Waals surface area (Å²) in [5.74, 6) is 0.260.